The number of aryl methyl sites for hydroxylation is 1. The van der Waals surface area contributed by atoms with E-state index in [1.807, 2.05) is 20.8 Å². The Hall–Kier alpha value is -1.60. The SMILES string of the molecule is Cc1ccc(NS(C)(=O)=O)c(NC(=O)[C@H]2CCO[C@@H]2C(C)C)c1. The molecule has 2 rings (SSSR count). The summed E-state index contributed by atoms with van der Waals surface area (Å²) >= 11 is 0. The predicted octanol–water partition coefficient (Wildman–Crippen LogP) is 2.37. The Bertz CT molecular complexity index is 685. The Kier molecular flexibility index (Phi) is 5.31. The van der Waals surface area contributed by atoms with E-state index in [0.29, 0.717) is 24.4 Å². The number of hydrogen-bond acceptors (Lipinski definition) is 4. The van der Waals surface area contributed by atoms with Crippen molar-refractivity contribution in [2.45, 2.75) is 33.3 Å². The second-order valence-electron chi connectivity index (χ2n) is 6.39. The summed E-state index contributed by atoms with van der Waals surface area (Å²) in [7, 11) is -3.42. The largest absolute Gasteiger partial charge is 0.377 e. The third-order valence-electron chi connectivity index (χ3n) is 3.86. The number of carbonyl (C=O) groups excluding carboxylic acids is 1. The maximum atomic E-state index is 12.6. The third-order valence-corrected chi connectivity index (χ3v) is 4.45. The summed E-state index contributed by atoms with van der Waals surface area (Å²) in [5.41, 5.74) is 1.77. The molecule has 0 spiro atoms. The Morgan fingerprint density at radius 1 is 1.30 bits per heavy atom. The molecule has 1 aromatic rings. The molecule has 2 N–H and O–H groups in total. The lowest BCUT2D eigenvalue weighted by Gasteiger charge is -2.22. The molecule has 0 radical (unpaired) electrons. The van der Waals surface area contributed by atoms with Gasteiger partial charge in [0.2, 0.25) is 15.9 Å². The summed E-state index contributed by atoms with van der Waals surface area (Å²) in [5.74, 6) is -0.107. The fourth-order valence-electron chi connectivity index (χ4n) is 2.82. The van der Waals surface area contributed by atoms with Crippen LogP contribution in [0, 0.1) is 18.8 Å². The molecule has 1 fully saturated rings. The Balaban J connectivity index is 2.22. The van der Waals surface area contributed by atoms with Crippen LogP contribution in [-0.2, 0) is 19.6 Å². The summed E-state index contributed by atoms with van der Waals surface area (Å²) in [4.78, 5) is 12.6. The molecule has 1 saturated heterocycles. The zero-order valence-corrected chi connectivity index (χ0v) is 14.7. The monoisotopic (exact) mass is 340 g/mol. The number of anilines is 2. The van der Waals surface area contributed by atoms with Crippen molar-refractivity contribution in [2.24, 2.45) is 11.8 Å². The zero-order valence-electron chi connectivity index (χ0n) is 13.9. The van der Waals surface area contributed by atoms with Crippen molar-refractivity contribution in [3.8, 4) is 0 Å². The van der Waals surface area contributed by atoms with Gasteiger partial charge in [0.1, 0.15) is 0 Å². The highest BCUT2D eigenvalue weighted by Gasteiger charge is 2.36. The van der Waals surface area contributed by atoms with Gasteiger partial charge >= 0.3 is 0 Å². The van der Waals surface area contributed by atoms with E-state index in [1.54, 1.807) is 18.2 Å². The smallest absolute Gasteiger partial charge is 0.230 e. The minimum atomic E-state index is -3.42. The minimum Gasteiger partial charge on any atom is -0.377 e. The molecule has 0 saturated carbocycles. The van der Waals surface area contributed by atoms with Gasteiger partial charge < -0.3 is 10.1 Å². The van der Waals surface area contributed by atoms with Gasteiger partial charge in [-0.2, -0.15) is 0 Å². The summed E-state index contributed by atoms with van der Waals surface area (Å²) < 4.78 is 31.0. The number of ether oxygens (including phenoxy) is 1. The van der Waals surface area contributed by atoms with Crippen LogP contribution in [0.4, 0.5) is 11.4 Å². The number of amides is 1. The molecule has 128 valence electrons. The molecule has 1 amide bonds. The lowest BCUT2D eigenvalue weighted by atomic mass is 9.92. The molecule has 6 nitrogen and oxygen atoms in total. The average Bonchev–Trinajstić information content (AvgIpc) is 2.90. The number of carbonyl (C=O) groups is 1. The van der Waals surface area contributed by atoms with Crippen LogP contribution < -0.4 is 10.0 Å². The van der Waals surface area contributed by atoms with Crippen molar-refractivity contribution in [1.29, 1.82) is 0 Å². The fourth-order valence-corrected chi connectivity index (χ4v) is 3.40. The van der Waals surface area contributed by atoms with Crippen LogP contribution in [0.5, 0.6) is 0 Å². The highest BCUT2D eigenvalue weighted by Crippen LogP contribution is 2.30. The van der Waals surface area contributed by atoms with Gasteiger partial charge in [-0.3, -0.25) is 9.52 Å². The molecular weight excluding hydrogens is 316 g/mol. The van der Waals surface area contributed by atoms with Gasteiger partial charge in [0.15, 0.2) is 0 Å². The van der Waals surface area contributed by atoms with Gasteiger partial charge in [-0.25, -0.2) is 8.42 Å². The molecule has 1 aliphatic rings. The van der Waals surface area contributed by atoms with E-state index in [-0.39, 0.29) is 23.8 Å². The van der Waals surface area contributed by atoms with E-state index >= 15 is 0 Å². The van der Waals surface area contributed by atoms with Crippen LogP contribution in [0.1, 0.15) is 25.8 Å². The molecule has 1 aliphatic heterocycles. The zero-order chi connectivity index (χ0) is 17.2. The lowest BCUT2D eigenvalue weighted by Crippen LogP contribution is -2.33. The summed E-state index contributed by atoms with van der Waals surface area (Å²) in [6.45, 7) is 6.51. The first kappa shape index (κ1) is 17.7. The number of hydrogen-bond donors (Lipinski definition) is 2. The quantitative estimate of drug-likeness (QED) is 0.862. The summed E-state index contributed by atoms with van der Waals surface area (Å²) in [5, 5.41) is 2.85. The van der Waals surface area contributed by atoms with Crippen molar-refractivity contribution < 1.29 is 17.9 Å². The van der Waals surface area contributed by atoms with Crippen molar-refractivity contribution >= 4 is 27.3 Å². The van der Waals surface area contributed by atoms with Gasteiger partial charge in [0.25, 0.3) is 0 Å². The minimum absolute atomic E-state index is 0.105. The van der Waals surface area contributed by atoms with Gasteiger partial charge in [0, 0.05) is 6.61 Å². The molecule has 0 aliphatic carbocycles. The maximum Gasteiger partial charge on any atom is 0.230 e. The van der Waals surface area contributed by atoms with E-state index in [1.165, 1.54) is 0 Å². The van der Waals surface area contributed by atoms with Gasteiger partial charge in [-0.05, 0) is 37.0 Å². The molecule has 23 heavy (non-hydrogen) atoms. The molecule has 1 heterocycles. The van der Waals surface area contributed by atoms with Crippen LogP contribution in [0.25, 0.3) is 0 Å². The van der Waals surface area contributed by atoms with Crippen LogP contribution in [0.3, 0.4) is 0 Å². The van der Waals surface area contributed by atoms with E-state index in [2.05, 4.69) is 10.0 Å². The third kappa shape index (κ3) is 4.68. The normalized spacial score (nSPS) is 21.4. The summed E-state index contributed by atoms with van der Waals surface area (Å²) in [6.07, 6.45) is 1.65. The summed E-state index contributed by atoms with van der Waals surface area (Å²) in [6, 6.07) is 5.20. The first-order chi connectivity index (χ1) is 10.7. The number of benzene rings is 1. The van der Waals surface area contributed by atoms with E-state index in [9.17, 15) is 13.2 Å². The topological polar surface area (TPSA) is 84.5 Å². The van der Waals surface area contributed by atoms with E-state index < -0.39 is 10.0 Å². The van der Waals surface area contributed by atoms with Gasteiger partial charge in [-0.15, -0.1) is 0 Å². The van der Waals surface area contributed by atoms with Crippen LogP contribution in [0.15, 0.2) is 18.2 Å². The van der Waals surface area contributed by atoms with Crippen molar-refractivity contribution in [3.05, 3.63) is 23.8 Å². The molecule has 2 atom stereocenters. The maximum absolute atomic E-state index is 12.6. The van der Waals surface area contributed by atoms with Crippen LogP contribution in [0.2, 0.25) is 0 Å². The number of nitrogens with one attached hydrogen (secondary N) is 2. The number of rotatable bonds is 5. The van der Waals surface area contributed by atoms with Crippen LogP contribution in [-0.4, -0.2) is 33.3 Å². The Labute approximate surface area is 137 Å². The highest BCUT2D eigenvalue weighted by molar-refractivity contribution is 7.92. The van der Waals surface area contributed by atoms with Crippen molar-refractivity contribution in [3.63, 3.8) is 0 Å². The molecular formula is C16H24N2O4S. The van der Waals surface area contributed by atoms with Gasteiger partial charge in [-0.1, -0.05) is 19.9 Å². The molecule has 0 unspecified atom stereocenters. The van der Waals surface area contributed by atoms with Crippen molar-refractivity contribution in [2.75, 3.05) is 22.9 Å². The highest BCUT2D eigenvalue weighted by atomic mass is 32.2. The standard InChI is InChI=1S/C16H24N2O4S/c1-10(2)15-12(7-8-22-15)16(19)17-14-9-11(3)5-6-13(14)18-23(4,20)21/h5-6,9-10,12,15,18H,7-8H2,1-4H3,(H,17,19)/t12-,15+/m0/s1. The second kappa shape index (κ2) is 6.88. The first-order valence-electron chi connectivity index (χ1n) is 7.68. The lowest BCUT2D eigenvalue weighted by molar-refractivity contribution is -0.122. The molecule has 1 aromatic carbocycles. The Morgan fingerprint density at radius 3 is 2.61 bits per heavy atom. The fraction of sp³-hybridized carbons (Fsp3) is 0.562. The number of sulfonamides is 1. The van der Waals surface area contributed by atoms with Crippen molar-refractivity contribution in [1.82, 2.24) is 0 Å². The van der Waals surface area contributed by atoms with E-state index in [0.717, 1.165) is 11.8 Å². The molecule has 0 bridgehead atoms. The van der Waals surface area contributed by atoms with Crippen LogP contribution >= 0.6 is 0 Å². The average molecular weight is 340 g/mol. The predicted molar refractivity (Wildman–Crippen MR) is 91.0 cm³/mol. The Morgan fingerprint density at radius 2 is 2.00 bits per heavy atom. The van der Waals surface area contributed by atoms with E-state index in [4.69, 9.17) is 4.74 Å². The second-order valence-corrected chi connectivity index (χ2v) is 8.14. The molecule has 7 heteroatoms. The first-order valence-corrected chi connectivity index (χ1v) is 9.57. The molecule has 0 aromatic heterocycles. The van der Waals surface area contributed by atoms with Gasteiger partial charge in [0.05, 0.1) is 29.7 Å².